The van der Waals surface area contributed by atoms with E-state index in [0.29, 0.717) is 16.8 Å². The Hall–Kier alpha value is -1.62. The van der Waals surface area contributed by atoms with Crippen molar-refractivity contribution in [2.24, 2.45) is 0 Å². The van der Waals surface area contributed by atoms with E-state index < -0.39 is 5.97 Å². The predicted octanol–water partition coefficient (Wildman–Crippen LogP) is 2.19. The SMILES string of the molecule is Cc1nc2onc(C)c2c(C(=O)O)c1Cl. The highest BCUT2D eigenvalue weighted by molar-refractivity contribution is 6.35. The van der Waals surface area contributed by atoms with Crippen LogP contribution in [-0.2, 0) is 0 Å². The molecule has 0 fully saturated rings. The van der Waals surface area contributed by atoms with Gasteiger partial charge < -0.3 is 9.63 Å². The van der Waals surface area contributed by atoms with Crippen LogP contribution in [-0.4, -0.2) is 21.2 Å². The Morgan fingerprint density at radius 3 is 2.67 bits per heavy atom. The van der Waals surface area contributed by atoms with E-state index in [1.807, 2.05) is 0 Å². The Labute approximate surface area is 89.7 Å². The average molecular weight is 227 g/mol. The van der Waals surface area contributed by atoms with E-state index in [1.165, 1.54) is 0 Å². The van der Waals surface area contributed by atoms with E-state index in [9.17, 15) is 4.79 Å². The predicted molar refractivity (Wildman–Crippen MR) is 53.2 cm³/mol. The molecule has 2 heterocycles. The largest absolute Gasteiger partial charge is 0.478 e. The third kappa shape index (κ3) is 1.35. The quantitative estimate of drug-likeness (QED) is 0.807. The van der Waals surface area contributed by atoms with Crippen LogP contribution in [0.25, 0.3) is 11.1 Å². The zero-order valence-corrected chi connectivity index (χ0v) is 8.79. The van der Waals surface area contributed by atoms with Crippen molar-refractivity contribution in [1.82, 2.24) is 10.1 Å². The van der Waals surface area contributed by atoms with Crippen LogP contribution in [0.1, 0.15) is 21.7 Å². The van der Waals surface area contributed by atoms with Gasteiger partial charge in [0, 0.05) is 0 Å². The lowest BCUT2D eigenvalue weighted by Crippen LogP contribution is -2.02. The number of carbonyl (C=O) groups is 1. The third-order valence-corrected chi connectivity index (χ3v) is 2.58. The van der Waals surface area contributed by atoms with Gasteiger partial charge in [-0.05, 0) is 13.8 Å². The van der Waals surface area contributed by atoms with Crippen molar-refractivity contribution >= 4 is 28.7 Å². The minimum atomic E-state index is -1.11. The second-order valence-corrected chi connectivity index (χ2v) is 3.52. The Morgan fingerprint density at radius 1 is 1.40 bits per heavy atom. The van der Waals surface area contributed by atoms with Gasteiger partial charge in [-0.15, -0.1) is 0 Å². The van der Waals surface area contributed by atoms with Crippen molar-refractivity contribution in [2.75, 3.05) is 0 Å². The number of hydrogen-bond acceptors (Lipinski definition) is 4. The fourth-order valence-electron chi connectivity index (χ4n) is 1.41. The maximum Gasteiger partial charge on any atom is 0.338 e. The van der Waals surface area contributed by atoms with Crippen LogP contribution in [0, 0.1) is 13.8 Å². The minimum Gasteiger partial charge on any atom is -0.478 e. The van der Waals surface area contributed by atoms with Gasteiger partial charge in [-0.3, -0.25) is 0 Å². The molecule has 0 unspecified atom stereocenters. The zero-order valence-electron chi connectivity index (χ0n) is 8.04. The lowest BCUT2D eigenvalue weighted by Gasteiger charge is -2.02. The Balaban J connectivity index is 2.99. The fraction of sp³-hybridized carbons (Fsp3) is 0.222. The number of aromatic carboxylic acids is 1. The number of hydrogen-bond donors (Lipinski definition) is 1. The number of pyridine rings is 1. The molecule has 0 spiro atoms. The Bertz CT molecular complexity index is 562. The first-order valence-corrected chi connectivity index (χ1v) is 4.55. The van der Waals surface area contributed by atoms with Gasteiger partial charge in [0.25, 0.3) is 5.71 Å². The van der Waals surface area contributed by atoms with Gasteiger partial charge in [0.1, 0.15) is 0 Å². The number of fused-ring (bicyclic) bond motifs is 1. The number of nitrogens with zero attached hydrogens (tertiary/aromatic N) is 2. The summed E-state index contributed by atoms with van der Waals surface area (Å²) in [5, 5.41) is 13.2. The highest BCUT2D eigenvalue weighted by Gasteiger charge is 2.21. The van der Waals surface area contributed by atoms with E-state index in [2.05, 4.69) is 10.1 Å². The van der Waals surface area contributed by atoms with Gasteiger partial charge >= 0.3 is 5.97 Å². The molecule has 6 heteroatoms. The smallest absolute Gasteiger partial charge is 0.338 e. The summed E-state index contributed by atoms with van der Waals surface area (Å²) in [6, 6.07) is 0. The molecule has 0 bridgehead atoms. The van der Waals surface area contributed by atoms with Crippen molar-refractivity contribution in [3.63, 3.8) is 0 Å². The van der Waals surface area contributed by atoms with Crippen molar-refractivity contribution in [3.8, 4) is 0 Å². The van der Waals surface area contributed by atoms with Crippen LogP contribution >= 0.6 is 11.6 Å². The first-order valence-electron chi connectivity index (χ1n) is 4.17. The number of rotatable bonds is 1. The molecule has 15 heavy (non-hydrogen) atoms. The molecule has 0 radical (unpaired) electrons. The highest BCUT2D eigenvalue weighted by atomic mass is 35.5. The van der Waals surface area contributed by atoms with Crippen molar-refractivity contribution in [2.45, 2.75) is 13.8 Å². The topological polar surface area (TPSA) is 76.2 Å². The molecule has 0 saturated carbocycles. The number of halogens is 1. The summed E-state index contributed by atoms with van der Waals surface area (Å²) in [4.78, 5) is 15.1. The number of aryl methyl sites for hydroxylation is 2. The summed E-state index contributed by atoms with van der Waals surface area (Å²) in [5.41, 5.74) is 1.08. The maximum absolute atomic E-state index is 11.1. The number of carboxylic acids is 1. The minimum absolute atomic E-state index is 0.00193. The Morgan fingerprint density at radius 2 is 2.07 bits per heavy atom. The molecule has 5 nitrogen and oxygen atoms in total. The van der Waals surface area contributed by atoms with Crippen LogP contribution in [0.5, 0.6) is 0 Å². The molecule has 0 aliphatic carbocycles. The van der Waals surface area contributed by atoms with E-state index in [-0.39, 0.29) is 16.3 Å². The monoisotopic (exact) mass is 226 g/mol. The molecule has 1 N–H and O–H groups in total. The van der Waals surface area contributed by atoms with Crippen LogP contribution in [0.2, 0.25) is 5.02 Å². The summed E-state index contributed by atoms with van der Waals surface area (Å²) in [6.07, 6.45) is 0. The van der Waals surface area contributed by atoms with Gasteiger partial charge in [-0.1, -0.05) is 16.8 Å². The lowest BCUT2D eigenvalue weighted by atomic mass is 10.1. The second-order valence-electron chi connectivity index (χ2n) is 3.14. The highest BCUT2D eigenvalue weighted by Crippen LogP contribution is 2.29. The standard InChI is InChI=1S/C9H7ClN2O3/c1-3-5-6(9(13)14)7(10)4(2)11-8(5)15-12-3/h1-2H3,(H,13,14). The van der Waals surface area contributed by atoms with Gasteiger partial charge in [0.2, 0.25) is 0 Å². The summed E-state index contributed by atoms with van der Waals surface area (Å²) < 4.78 is 4.89. The van der Waals surface area contributed by atoms with E-state index in [1.54, 1.807) is 13.8 Å². The second kappa shape index (κ2) is 3.20. The molecule has 2 aromatic heterocycles. The van der Waals surface area contributed by atoms with Crippen LogP contribution < -0.4 is 0 Å². The molecule has 0 aromatic carbocycles. The normalized spacial score (nSPS) is 10.9. The summed E-state index contributed by atoms with van der Waals surface area (Å²) in [6.45, 7) is 3.26. The molecule has 0 amide bonds. The van der Waals surface area contributed by atoms with Crippen LogP contribution in [0.3, 0.4) is 0 Å². The van der Waals surface area contributed by atoms with Gasteiger partial charge in [-0.25, -0.2) is 9.78 Å². The molecular formula is C9H7ClN2O3. The van der Waals surface area contributed by atoms with E-state index in [0.717, 1.165) is 0 Å². The number of carboxylic acid groups (broad SMARTS) is 1. The van der Waals surface area contributed by atoms with Crippen LogP contribution in [0.15, 0.2) is 4.52 Å². The third-order valence-electron chi connectivity index (χ3n) is 2.11. The fourth-order valence-corrected chi connectivity index (χ4v) is 1.63. The molecular weight excluding hydrogens is 220 g/mol. The van der Waals surface area contributed by atoms with Crippen molar-refractivity contribution < 1.29 is 14.4 Å². The van der Waals surface area contributed by atoms with Gasteiger partial charge in [0.15, 0.2) is 0 Å². The molecule has 0 aliphatic rings. The average Bonchev–Trinajstić information content (AvgIpc) is 2.49. The maximum atomic E-state index is 11.1. The van der Waals surface area contributed by atoms with Crippen molar-refractivity contribution in [3.05, 3.63) is 22.0 Å². The van der Waals surface area contributed by atoms with Gasteiger partial charge in [0.05, 0.1) is 27.4 Å². The summed E-state index contributed by atoms with van der Waals surface area (Å²) in [7, 11) is 0. The van der Waals surface area contributed by atoms with Crippen LogP contribution in [0.4, 0.5) is 0 Å². The molecule has 2 rings (SSSR count). The first kappa shape index (κ1) is 9.92. The lowest BCUT2D eigenvalue weighted by molar-refractivity contribution is 0.0699. The van der Waals surface area contributed by atoms with Crippen molar-refractivity contribution in [1.29, 1.82) is 0 Å². The van der Waals surface area contributed by atoms with E-state index >= 15 is 0 Å². The van der Waals surface area contributed by atoms with Gasteiger partial charge in [-0.2, -0.15) is 0 Å². The molecule has 0 saturated heterocycles. The molecule has 78 valence electrons. The summed E-state index contributed by atoms with van der Waals surface area (Å²) >= 11 is 5.88. The zero-order chi connectivity index (χ0) is 11.2. The number of aromatic nitrogens is 2. The van der Waals surface area contributed by atoms with E-state index in [4.69, 9.17) is 21.2 Å². The molecule has 0 atom stereocenters. The Kier molecular flexibility index (Phi) is 2.12. The first-order chi connectivity index (χ1) is 7.02. The molecule has 2 aromatic rings. The molecule has 0 aliphatic heterocycles. The summed E-state index contributed by atoms with van der Waals surface area (Å²) in [5.74, 6) is -1.11.